The molecule has 0 bridgehead atoms. The molecule has 224 valence electrons. The minimum atomic E-state index is -1.02. The van der Waals surface area contributed by atoms with Crippen molar-refractivity contribution in [2.75, 3.05) is 26.7 Å². The van der Waals surface area contributed by atoms with Crippen molar-refractivity contribution in [3.05, 3.63) is 106 Å². The molecule has 2 atom stereocenters. The van der Waals surface area contributed by atoms with Gasteiger partial charge in [-0.15, -0.1) is 0 Å². The first-order valence-electron chi connectivity index (χ1n) is 14.6. The largest absolute Gasteiger partial charge is 0.469 e. The van der Waals surface area contributed by atoms with Gasteiger partial charge in [0.25, 0.3) is 11.5 Å². The summed E-state index contributed by atoms with van der Waals surface area (Å²) in [6, 6.07) is 20.1. The standard InChI is InChI=1S/C33H36N4O6/c1-43-28(38)14-19-35-32(42)33(22-8-3-2-4-9-22)17-13-25(24-10-5-6-12-27(24)33)31(41)37-20-15-23(16-21-37)36-30(40)26-11-7-18-34-29(26)39/h2-12,18,23,25H,13-17,19-21H2,1H3,(H,34,39)(H,35,42)(H,36,40)/t25-,33?/m0/s1. The van der Waals surface area contributed by atoms with Gasteiger partial charge in [-0.2, -0.15) is 0 Å². The molecule has 10 heteroatoms. The average Bonchev–Trinajstić information content (AvgIpc) is 3.04. The highest BCUT2D eigenvalue weighted by Crippen LogP contribution is 2.48. The molecule has 0 saturated carbocycles. The van der Waals surface area contributed by atoms with Crippen LogP contribution in [-0.4, -0.2) is 66.4 Å². The molecule has 0 radical (unpaired) electrons. The van der Waals surface area contributed by atoms with Crippen LogP contribution in [0.4, 0.5) is 0 Å². The Morgan fingerprint density at radius 1 is 0.953 bits per heavy atom. The van der Waals surface area contributed by atoms with Crippen LogP contribution in [0.2, 0.25) is 0 Å². The molecule has 2 heterocycles. The van der Waals surface area contributed by atoms with Crippen molar-refractivity contribution in [2.24, 2.45) is 0 Å². The Labute approximate surface area is 249 Å². The first-order valence-corrected chi connectivity index (χ1v) is 14.6. The third kappa shape index (κ3) is 6.09. The van der Waals surface area contributed by atoms with Crippen molar-refractivity contribution in [1.82, 2.24) is 20.5 Å². The molecule has 1 unspecified atom stereocenters. The van der Waals surface area contributed by atoms with Crippen LogP contribution in [0.5, 0.6) is 0 Å². The van der Waals surface area contributed by atoms with Gasteiger partial charge in [-0.25, -0.2) is 0 Å². The second kappa shape index (κ2) is 13.1. The molecule has 3 N–H and O–H groups in total. The smallest absolute Gasteiger partial charge is 0.307 e. The Hall–Kier alpha value is -4.73. The highest BCUT2D eigenvalue weighted by Gasteiger charge is 2.48. The number of pyridine rings is 1. The number of benzene rings is 2. The van der Waals surface area contributed by atoms with Gasteiger partial charge in [0.15, 0.2) is 0 Å². The van der Waals surface area contributed by atoms with E-state index < -0.39 is 28.8 Å². The van der Waals surface area contributed by atoms with Gasteiger partial charge in [-0.3, -0.25) is 24.0 Å². The number of hydrogen-bond acceptors (Lipinski definition) is 6. The summed E-state index contributed by atoms with van der Waals surface area (Å²) >= 11 is 0. The molecule has 1 saturated heterocycles. The van der Waals surface area contributed by atoms with E-state index in [0.29, 0.717) is 38.8 Å². The highest BCUT2D eigenvalue weighted by atomic mass is 16.5. The summed E-state index contributed by atoms with van der Waals surface area (Å²) < 4.78 is 4.73. The van der Waals surface area contributed by atoms with Crippen molar-refractivity contribution < 1.29 is 23.9 Å². The van der Waals surface area contributed by atoms with Gasteiger partial charge in [0.05, 0.1) is 24.9 Å². The molecular formula is C33H36N4O6. The number of ether oxygens (including phenoxy) is 1. The molecule has 2 aromatic carbocycles. The summed E-state index contributed by atoms with van der Waals surface area (Å²) in [6.07, 6.45) is 3.60. The van der Waals surface area contributed by atoms with Crippen LogP contribution in [0, 0.1) is 0 Å². The summed E-state index contributed by atoms with van der Waals surface area (Å²) in [5.74, 6) is -1.44. The minimum absolute atomic E-state index is 0.00416. The lowest BCUT2D eigenvalue weighted by Gasteiger charge is -2.42. The number of amides is 3. The lowest BCUT2D eigenvalue weighted by Crippen LogP contribution is -2.51. The number of likely N-dealkylation sites (tertiary alicyclic amines) is 1. The van der Waals surface area contributed by atoms with Crippen LogP contribution in [0.25, 0.3) is 0 Å². The van der Waals surface area contributed by atoms with E-state index in [1.54, 1.807) is 6.07 Å². The fourth-order valence-electron chi connectivity index (χ4n) is 6.35. The zero-order valence-corrected chi connectivity index (χ0v) is 24.1. The molecule has 3 aromatic rings. The first-order chi connectivity index (χ1) is 20.8. The number of nitrogens with one attached hydrogen (secondary N) is 3. The monoisotopic (exact) mass is 584 g/mol. The van der Waals surface area contributed by atoms with Crippen molar-refractivity contribution >= 4 is 23.7 Å². The molecular weight excluding hydrogens is 548 g/mol. The van der Waals surface area contributed by atoms with Gasteiger partial charge < -0.3 is 25.3 Å². The molecule has 5 rings (SSSR count). The maximum Gasteiger partial charge on any atom is 0.307 e. The molecule has 3 amide bonds. The molecule has 10 nitrogen and oxygen atoms in total. The minimum Gasteiger partial charge on any atom is -0.469 e. The van der Waals surface area contributed by atoms with Crippen LogP contribution >= 0.6 is 0 Å². The zero-order valence-electron chi connectivity index (χ0n) is 24.1. The zero-order chi connectivity index (χ0) is 30.4. The van der Waals surface area contributed by atoms with E-state index in [1.165, 1.54) is 19.4 Å². The number of aromatic amines is 1. The van der Waals surface area contributed by atoms with Crippen molar-refractivity contribution in [2.45, 2.75) is 49.5 Å². The Bertz CT molecular complexity index is 1550. The second-order valence-electron chi connectivity index (χ2n) is 11.0. The lowest BCUT2D eigenvalue weighted by molar-refractivity contribution is -0.140. The van der Waals surface area contributed by atoms with E-state index in [4.69, 9.17) is 4.74 Å². The van der Waals surface area contributed by atoms with Crippen LogP contribution in [0.3, 0.4) is 0 Å². The van der Waals surface area contributed by atoms with Crippen LogP contribution in [0.15, 0.2) is 77.7 Å². The number of H-pyrrole nitrogens is 1. The van der Waals surface area contributed by atoms with E-state index in [0.717, 1.165) is 16.7 Å². The van der Waals surface area contributed by atoms with Crippen LogP contribution in [0.1, 0.15) is 65.1 Å². The van der Waals surface area contributed by atoms with Gasteiger partial charge in [0.1, 0.15) is 5.56 Å². The van der Waals surface area contributed by atoms with Crippen LogP contribution in [-0.2, 0) is 24.5 Å². The number of carbonyl (C=O) groups is 4. The third-order valence-electron chi connectivity index (χ3n) is 8.60. The number of rotatable bonds is 8. The Balaban J connectivity index is 1.33. The molecule has 1 fully saturated rings. The van der Waals surface area contributed by atoms with Crippen molar-refractivity contribution in [3.63, 3.8) is 0 Å². The van der Waals surface area contributed by atoms with Gasteiger partial charge >= 0.3 is 5.97 Å². The van der Waals surface area contributed by atoms with Crippen LogP contribution < -0.4 is 16.2 Å². The topological polar surface area (TPSA) is 138 Å². The van der Waals surface area contributed by atoms with Gasteiger partial charge in [0.2, 0.25) is 11.8 Å². The molecule has 0 spiro atoms. The van der Waals surface area contributed by atoms with Crippen molar-refractivity contribution in [3.8, 4) is 0 Å². The Kier molecular flexibility index (Phi) is 9.04. The summed E-state index contributed by atoms with van der Waals surface area (Å²) in [5.41, 5.74) is 1.05. The van der Waals surface area contributed by atoms with E-state index >= 15 is 0 Å². The number of aromatic nitrogens is 1. The van der Waals surface area contributed by atoms with E-state index in [2.05, 4.69) is 15.6 Å². The molecule has 43 heavy (non-hydrogen) atoms. The maximum absolute atomic E-state index is 14.0. The average molecular weight is 585 g/mol. The number of carbonyl (C=O) groups excluding carboxylic acids is 4. The summed E-state index contributed by atoms with van der Waals surface area (Å²) in [5, 5.41) is 5.88. The molecule has 2 aliphatic rings. The summed E-state index contributed by atoms with van der Waals surface area (Å²) in [4.78, 5) is 68.5. The molecule has 1 aromatic heterocycles. The van der Waals surface area contributed by atoms with Gasteiger partial charge in [0, 0.05) is 31.9 Å². The summed E-state index contributed by atoms with van der Waals surface area (Å²) in [7, 11) is 1.32. The third-order valence-corrected chi connectivity index (χ3v) is 8.60. The molecule has 1 aliphatic carbocycles. The van der Waals surface area contributed by atoms with Gasteiger partial charge in [-0.1, -0.05) is 54.6 Å². The Morgan fingerprint density at radius 2 is 1.67 bits per heavy atom. The fraction of sp³-hybridized carbons (Fsp3) is 0.364. The number of piperidine rings is 1. The highest BCUT2D eigenvalue weighted by molar-refractivity contribution is 5.95. The quantitative estimate of drug-likeness (QED) is 0.348. The van der Waals surface area contributed by atoms with E-state index in [9.17, 15) is 24.0 Å². The predicted molar refractivity (Wildman–Crippen MR) is 159 cm³/mol. The van der Waals surface area contributed by atoms with Gasteiger partial charge in [-0.05, 0) is 54.5 Å². The number of fused-ring (bicyclic) bond motifs is 1. The normalized spacial score (nSPS) is 20.0. The maximum atomic E-state index is 14.0. The number of methoxy groups -OCH3 is 1. The summed E-state index contributed by atoms with van der Waals surface area (Å²) in [6.45, 7) is 1.10. The fourth-order valence-corrected chi connectivity index (χ4v) is 6.35. The molecule has 1 aliphatic heterocycles. The lowest BCUT2D eigenvalue weighted by atomic mass is 9.62. The number of hydrogen-bond donors (Lipinski definition) is 3. The number of esters is 1. The van der Waals surface area contributed by atoms with Crippen molar-refractivity contribution in [1.29, 1.82) is 0 Å². The predicted octanol–water partition coefficient (Wildman–Crippen LogP) is 2.64. The Morgan fingerprint density at radius 3 is 2.40 bits per heavy atom. The second-order valence-corrected chi connectivity index (χ2v) is 11.0. The van der Waals surface area contributed by atoms with E-state index in [1.807, 2.05) is 59.5 Å². The SMILES string of the molecule is COC(=O)CCNC(=O)C1(c2ccccc2)CC[C@H](C(=O)N2CCC(NC(=O)c3ccc[nH]c3=O)CC2)c2ccccc21. The first kappa shape index (κ1) is 29.8. The number of nitrogens with zero attached hydrogens (tertiary/aromatic N) is 1. The van der Waals surface area contributed by atoms with E-state index in [-0.39, 0.29) is 36.4 Å².